The van der Waals surface area contributed by atoms with Gasteiger partial charge < -0.3 is 19.7 Å². The monoisotopic (exact) mass is 408 g/mol. The van der Waals surface area contributed by atoms with E-state index in [1.165, 1.54) is 19.3 Å². The summed E-state index contributed by atoms with van der Waals surface area (Å²) in [4.78, 5) is 25.5. The van der Waals surface area contributed by atoms with E-state index < -0.39 is 10.8 Å². The first kappa shape index (κ1) is 20.8. The number of nitro groups is 1. The minimum absolute atomic E-state index is 0.0897. The summed E-state index contributed by atoms with van der Waals surface area (Å²) in [6, 6.07) is 13.3. The van der Waals surface area contributed by atoms with Crippen molar-refractivity contribution in [3.63, 3.8) is 0 Å². The second-order valence-electron chi connectivity index (χ2n) is 6.43. The summed E-state index contributed by atoms with van der Waals surface area (Å²) in [5, 5.41) is 23.6. The molecule has 1 saturated heterocycles. The standard InChI is InChI=1S/C21H20N4O5/c1-29-20-5-3-2-4-17(20)23-21(26)16(14-22)12-15-6-7-18(19(13-15)25(27)28)24-8-10-30-11-9-24/h2-7,12-13H,8-11H2,1H3,(H,23,26)/b16-12+. The normalized spacial score (nSPS) is 14.0. The van der Waals surface area contributed by atoms with Gasteiger partial charge in [0.05, 0.1) is 30.9 Å². The maximum Gasteiger partial charge on any atom is 0.293 e. The van der Waals surface area contributed by atoms with E-state index in [0.29, 0.717) is 49.0 Å². The van der Waals surface area contributed by atoms with Gasteiger partial charge >= 0.3 is 0 Å². The highest BCUT2D eigenvalue weighted by Crippen LogP contribution is 2.31. The Bertz CT molecular complexity index is 1020. The van der Waals surface area contributed by atoms with E-state index in [1.54, 1.807) is 36.4 Å². The Morgan fingerprint density at radius 1 is 1.30 bits per heavy atom. The molecular weight excluding hydrogens is 388 g/mol. The zero-order valence-corrected chi connectivity index (χ0v) is 16.3. The zero-order valence-electron chi connectivity index (χ0n) is 16.3. The van der Waals surface area contributed by atoms with Gasteiger partial charge in [0.1, 0.15) is 23.1 Å². The zero-order chi connectivity index (χ0) is 21.5. The van der Waals surface area contributed by atoms with Crippen molar-refractivity contribution in [3.05, 3.63) is 63.7 Å². The van der Waals surface area contributed by atoms with Gasteiger partial charge in [0, 0.05) is 19.2 Å². The maximum atomic E-state index is 12.5. The number of rotatable bonds is 6. The van der Waals surface area contributed by atoms with Crippen LogP contribution in [0, 0.1) is 21.4 Å². The first-order chi connectivity index (χ1) is 14.5. The third kappa shape index (κ3) is 4.74. The van der Waals surface area contributed by atoms with Gasteiger partial charge in [-0.05, 0) is 29.8 Å². The van der Waals surface area contributed by atoms with Crippen LogP contribution in [0.15, 0.2) is 48.0 Å². The van der Waals surface area contributed by atoms with Crippen molar-refractivity contribution in [2.24, 2.45) is 0 Å². The lowest BCUT2D eigenvalue weighted by atomic mass is 10.1. The lowest BCUT2D eigenvalue weighted by Crippen LogP contribution is -2.36. The number of carbonyl (C=O) groups excluding carboxylic acids is 1. The molecule has 0 atom stereocenters. The third-order valence-corrected chi connectivity index (χ3v) is 4.58. The van der Waals surface area contributed by atoms with Gasteiger partial charge in [0.25, 0.3) is 11.6 Å². The SMILES string of the molecule is COc1ccccc1NC(=O)/C(C#N)=C/c1ccc(N2CCOCC2)c([N+](=O)[O-])c1. The summed E-state index contributed by atoms with van der Waals surface area (Å²) in [5.41, 5.74) is 1.00. The highest BCUT2D eigenvalue weighted by molar-refractivity contribution is 6.10. The van der Waals surface area contributed by atoms with Crippen LogP contribution in [0.5, 0.6) is 5.75 Å². The highest BCUT2D eigenvalue weighted by Gasteiger charge is 2.22. The lowest BCUT2D eigenvalue weighted by molar-refractivity contribution is -0.384. The summed E-state index contributed by atoms with van der Waals surface area (Å²) in [5.74, 6) is -0.185. The number of hydrogen-bond acceptors (Lipinski definition) is 7. The summed E-state index contributed by atoms with van der Waals surface area (Å²) in [7, 11) is 1.47. The number of amides is 1. The largest absolute Gasteiger partial charge is 0.495 e. The molecule has 0 unspecified atom stereocenters. The van der Waals surface area contributed by atoms with Gasteiger partial charge in [0.2, 0.25) is 0 Å². The van der Waals surface area contributed by atoms with Crippen molar-refractivity contribution in [2.45, 2.75) is 0 Å². The van der Waals surface area contributed by atoms with Crippen LogP contribution in [-0.4, -0.2) is 44.2 Å². The Hall–Kier alpha value is -3.90. The van der Waals surface area contributed by atoms with Crippen LogP contribution in [0.25, 0.3) is 6.08 Å². The molecule has 9 heteroatoms. The Morgan fingerprint density at radius 3 is 2.70 bits per heavy atom. The summed E-state index contributed by atoms with van der Waals surface area (Å²) in [6.45, 7) is 2.11. The lowest BCUT2D eigenvalue weighted by Gasteiger charge is -2.28. The molecule has 2 aromatic rings. The van der Waals surface area contributed by atoms with Gasteiger partial charge in [-0.15, -0.1) is 0 Å². The van der Waals surface area contributed by atoms with Crippen LogP contribution < -0.4 is 15.0 Å². The number of nitrogens with one attached hydrogen (secondary N) is 1. The third-order valence-electron chi connectivity index (χ3n) is 4.58. The number of benzene rings is 2. The smallest absolute Gasteiger partial charge is 0.293 e. The summed E-state index contributed by atoms with van der Waals surface area (Å²) in [6.07, 6.45) is 1.32. The van der Waals surface area contributed by atoms with Crippen LogP contribution in [-0.2, 0) is 9.53 Å². The molecule has 0 saturated carbocycles. The molecule has 0 aromatic heterocycles. The topological polar surface area (TPSA) is 118 Å². The molecule has 1 aliphatic heterocycles. The fraction of sp³-hybridized carbons (Fsp3) is 0.238. The van der Waals surface area contributed by atoms with Crippen molar-refractivity contribution in [3.8, 4) is 11.8 Å². The Labute approximate surface area is 173 Å². The van der Waals surface area contributed by atoms with Crippen LogP contribution >= 0.6 is 0 Å². The average Bonchev–Trinajstić information content (AvgIpc) is 2.78. The molecule has 1 fully saturated rings. The number of nitriles is 1. The molecule has 154 valence electrons. The number of ether oxygens (including phenoxy) is 2. The van der Waals surface area contributed by atoms with Crippen molar-refractivity contribution >= 4 is 29.0 Å². The first-order valence-corrected chi connectivity index (χ1v) is 9.21. The van der Waals surface area contributed by atoms with Gasteiger partial charge in [-0.2, -0.15) is 5.26 Å². The maximum absolute atomic E-state index is 12.5. The molecule has 0 aliphatic carbocycles. The molecule has 1 N–H and O–H groups in total. The predicted molar refractivity (Wildman–Crippen MR) is 111 cm³/mol. The van der Waals surface area contributed by atoms with E-state index in [-0.39, 0.29) is 11.3 Å². The number of hydrogen-bond donors (Lipinski definition) is 1. The first-order valence-electron chi connectivity index (χ1n) is 9.21. The van der Waals surface area contributed by atoms with E-state index in [9.17, 15) is 20.2 Å². The molecule has 0 spiro atoms. The van der Waals surface area contributed by atoms with Crippen molar-refractivity contribution in [1.29, 1.82) is 5.26 Å². The van der Waals surface area contributed by atoms with E-state index in [4.69, 9.17) is 9.47 Å². The van der Waals surface area contributed by atoms with E-state index in [0.717, 1.165) is 0 Å². The molecule has 0 bridgehead atoms. The van der Waals surface area contributed by atoms with E-state index >= 15 is 0 Å². The molecule has 1 heterocycles. The number of para-hydroxylation sites is 2. The van der Waals surface area contributed by atoms with Crippen molar-refractivity contribution in [2.75, 3.05) is 43.6 Å². The molecule has 1 amide bonds. The number of nitrogens with zero attached hydrogens (tertiary/aromatic N) is 3. The van der Waals surface area contributed by atoms with E-state index in [2.05, 4.69) is 5.32 Å². The number of methoxy groups -OCH3 is 1. The fourth-order valence-electron chi connectivity index (χ4n) is 3.10. The van der Waals surface area contributed by atoms with Gasteiger partial charge in [-0.1, -0.05) is 18.2 Å². The molecule has 0 radical (unpaired) electrons. The van der Waals surface area contributed by atoms with Crippen LogP contribution in [0.3, 0.4) is 0 Å². The fourth-order valence-corrected chi connectivity index (χ4v) is 3.10. The molecular formula is C21H20N4O5. The minimum atomic E-state index is -0.637. The van der Waals surface area contributed by atoms with Crippen LogP contribution in [0.1, 0.15) is 5.56 Å². The minimum Gasteiger partial charge on any atom is -0.495 e. The summed E-state index contributed by atoms with van der Waals surface area (Å²) >= 11 is 0. The van der Waals surface area contributed by atoms with Gasteiger partial charge in [0.15, 0.2) is 0 Å². The Morgan fingerprint density at radius 2 is 2.03 bits per heavy atom. The molecule has 1 aliphatic rings. The molecule has 2 aromatic carbocycles. The van der Waals surface area contributed by atoms with E-state index in [1.807, 2.05) is 11.0 Å². The average molecular weight is 408 g/mol. The Kier molecular flexibility index (Phi) is 6.62. The van der Waals surface area contributed by atoms with Crippen LogP contribution in [0.2, 0.25) is 0 Å². The predicted octanol–water partition coefficient (Wildman–Crippen LogP) is 2.99. The quantitative estimate of drug-likeness (QED) is 0.338. The van der Waals surface area contributed by atoms with Crippen molar-refractivity contribution in [1.82, 2.24) is 0 Å². The van der Waals surface area contributed by atoms with Gasteiger partial charge in [-0.3, -0.25) is 14.9 Å². The molecule has 9 nitrogen and oxygen atoms in total. The number of anilines is 2. The van der Waals surface area contributed by atoms with Crippen molar-refractivity contribution < 1.29 is 19.2 Å². The second kappa shape index (κ2) is 9.54. The number of morpholine rings is 1. The number of carbonyl (C=O) groups is 1. The number of nitro benzene ring substituents is 1. The second-order valence-corrected chi connectivity index (χ2v) is 6.43. The van der Waals surface area contributed by atoms with Crippen LogP contribution in [0.4, 0.5) is 17.1 Å². The molecule has 3 rings (SSSR count). The highest BCUT2D eigenvalue weighted by atomic mass is 16.6. The Balaban J connectivity index is 1.87. The molecule has 30 heavy (non-hydrogen) atoms. The van der Waals surface area contributed by atoms with Gasteiger partial charge in [-0.25, -0.2) is 0 Å². The summed E-state index contributed by atoms with van der Waals surface area (Å²) < 4.78 is 10.5.